The molecule has 1 aromatic heterocycles. The maximum atomic E-state index is 12.4. The third-order valence-corrected chi connectivity index (χ3v) is 6.95. The average molecular weight is 393 g/mol. The zero-order chi connectivity index (χ0) is 19.1. The number of sulfone groups is 1. The molecule has 0 saturated carbocycles. The first-order chi connectivity index (χ1) is 12.2. The Morgan fingerprint density at radius 2 is 2.00 bits per heavy atom. The molecule has 7 heteroatoms. The van der Waals surface area contributed by atoms with Crippen LogP contribution in [0.25, 0.3) is 6.08 Å². The second kappa shape index (κ2) is 7.00. The van der Waals surface area contributed by atoms with Gasteiger partial charge in [-0.3, -0.25) is 4.79 Å². The Balaban J connectivity index is 1.85. The molecule has 0 aliphatic carbocycles. The van der Waals surface area contributed by atoms with Gasteiger partial charge in [0.1, 0.15) is 5.15 Å². The first-order valence-electron chi connectivity index (χ1n) is 8.42. The molecule has 138 valence electrons. The van der Waals surface area contributed by atoms with E-state index in [0.717, 1.165) is 11.1 Å². The quantitative estimate of drug-likeness (QED) is 0.587. The maximum absolute atomic E-state index is 12.4. The van der Waals surface area contributed by atoms with Crippen LogP contribution in [0.4, 0.5) is 0 Å². The van der Waals surface area contributed by atoms with E-state index >= 15 is 0 Å². The van der Waals surface area contributed by atoms with Crippen molar-refractivity contribution in [3.05, 3.63) is 57.4 Å². The van der Waals surface area contributed by atoms with Gasteiger partial charge in [-0.25, -0.2) is 13.1 Å². The van der Waals surface area contributed by atoms with Crippen LogP contribution in [0.3, 0.4) is 0 Å². The van der Waals surface area contributed by atoms with Crippen LogP contribution in [0.1, 0.15) is 45.2 Å². The van der Waals surface area contributed by atoms with E-state index in [2.05, 4.69) is 5.10 Å². The van der Waals surface area contributed by atoms with Crippen molar-refractivity contribution < 1.29 is 13.2 Å². The second-order valence-electron chi connectivity index (χ2n) is 6.79. The van der Waals surface area contributed by atoms with Crippen LogP contribution in [-0.4, -0.2) is 35.5 Å². The molecule has 0 N–H and O–H groups in total. The van der Waals surface area contributed by atoms with Crippen LogP contribution < -0.4 is 0 Å². The Morgan fingerprint density at radius 3 is 2.62 bits per heavy atom. The van der Waals surface area contributed by atoms with Gasteiger partial charge in [0.05, 0.1) is 23.2 Å². The summed E-state index contributed by atoms with van der Waals surface area (Å²) in [6.07, 6.45) is 3.64. The standard InChI is InChI=1S/C19H21ClN2O3S/c1-12-4-5-15(10-13(12)2)18(23)7-6-17-14(3)21-22(19(17)20)16-8-9-26(24,25)11-16/h4-7,10,16H,8-9,11H2,1-3H3/b7-6+/t16-/m1/s1. The molecule has 1 fully saturated rings. The number of allylic oxidation sites excluding steroid dienone is 1. The predicted octanol–water partition coefficient (Wildman–Crippen LogP) is 3.72. The molecule has 1 aliphatic heterocycles. The smallest absolute Gasteiger partial charge is 0.185 e. The fourth-order valence-corrected chi connectivity index (χ4v) is 5.15. The van der Waals surface area contributed by atoms with E-state index in [-0.39, 0.29) is 23.3 Å². The molecule has 5 nitrogen and oxygen atoms in total. The highest BCUT2D eigenvalue weighted by Gasteiger charge is 2.31. The Hall–Kier alpha value is -1.92. The van der Waals surface area contributed by atoms with E-state index in [1.807, 2.05) is 26.0 Å². The van der Waals surface area contributed by atoms with E-state index in [4.69, 9.17) is 11.6 Å². The summed E-state index contributed by atoms with van der Waals surface area (Å²) in [6.45, 7) is 5.77. The van der Waals surface area contributed by atoms with Crippen molar-refractivity contribution in [1.29, 1.82) is 0 Å². The van der Waals surface area contributed by atoms with Crippen molar-refractivity contribution in [2.75, 3.05) is 11.5 Å². The van der Waals surface area contributed by atoms with Gasteiger partial charge in [0, 0.05) is 11.1 Å². The monoisotopic (exact) mass is 392 g/mol. The molecule has 1 aliphatic rings. The largest absolute Gasteiger partial charge is 0.289 e. The first-order valence-corrected chi connectivity index (χ1v) is 10.6. The molecule has 0 radical (unpaired) electrons. The van der Waals surface area contributed by atoms with Gasteiger partial charge < -0.3 is 0 Å². The summed E-state index contributed by atoms with van der Waals surface area (Å²) < 4.78 is 25.0. The highest BCUT2D eigenvalue weighted by atomic mass is 35.5. The van der Waals surface area contributed by atoms with Crippen LogP contribution in [0.15, 0.2) is 24.3 Å². The van der Waals surface area contributed by atoms with E-state index in [9.17, 15) is 13.2 Å². The molecule has 26 heavy (non-hydrogen) atoms. The summed E-state index contributed by atoms with van der Waals surface area (Å²) in [5.74, 6) is 0.0989. The Kier molecular flexibility index (Phi) is 5.08. The normalized spacial score (nSPS) is 19.3. The average Bonchev–Trinajstić information content (AvgIpc) is 3.07. The fraction of sp³-hybridized carbons (Fsp3) is 0.368. The molecule has 1 aromatic carbocycles. The van der Waals surface area contributed by atoms with Gasteiger partial charge in [-0.2, -0.15) is 5.10 Å². The first kappa shape index (κ1) is 18.9. The summed E-state index contributed by atoms with van der Waals surface area (Å²) in [7, 11) is -3.02. The number of hydrogen-bond acceptors (Lipinski definition) is 4. The lowest BCUT2D eigenvalue weighted by atomic mass is 10.0. The number of halogens is 1. The lowest BCUT2D eigenvalue weighted by Gasteiger charge is -2.09. The number of aryl methyl sites for hydroxylation is 3. The maximum Gasteiger partial charge on any atom is 0.185 e. The summed E-state index contributed by atoms with van der Waals surface area (Å²) in [5, 5.41) is 4.76. The minimum atomic E-state index is -3.02. The number of carbonyl (C=O) groups is 1. The van der Waals surface area contributed by atoms with Crippen LogP contribution in [0.5, 0.6) is 0 Å². The van der Waals surface area contributed by atoms with E-state index in [0.29, 0.717) is 28.4 Å². The third kappa shape index (κ3) is 3.76. The van der Waals surface area contributed by atoms with Gasteiger partial charge in [-0.05, 0) is 56.5 Å². The highest BCUT2D eigenvalue weighted by molar-refractivity contribution is 7.91. The predicted molar refractivity (Wildman–Crippen MR) is 104 cm³/mol. The van der Waals surface area contributed by atoms with Crippen molar-refractivity contribution in [3.8, 4) is 0 Å². The fourth-order valence-electron chi connectivity index (χ4n) is 3.08. The zero-order valence-electron chi connectivity index (χ0n) is 15.0. The van der Waals surface area contributed by atoms with Crippen LogP contribution >= 0.6 is 11.6 Å². The Bertz CT molecular complexity index is 1010. The van der Waals surface area contributed by atoms with Crippen molar-refractivity contribution in [2.45, 2.75) is 33.2 Å². The topological polar surface area (TPSA) is 69.0 Å². The van der Waals surface area contributed by atoms with Crippen LogP contribution in [0, 0.1) is 20.8 Å². The summed E-state index contributed by atoms with van der Waals surface area (Å²) in [4.78, 5) is 12.4. The number of aromatic nitrogens is 2. The zero-order valence-corrected chi connectivity index (χ0v) is 16.6. The van der Waals surface area contributed by atoms with Crippen LogP contribution in [-0.2, 0) is 9.84 Å². The summed E-state index contributed by atoms with van der Waals surface area (Å²) in [5.41, 5.74) is 4.13. The third-order valence-electron chi connectivity index (χ3n) is 4.82. The van der Waals surface area contributed by atoms with E-state index < -0.39 is 9.84 Å². The molecule has 3 rings (SSSR count). The lowest BCUT2D eigenvalue weighted by molar-refractivity contribution is 0.104. The Labute approximate surface area is 158 Å². The van der Waals surface area contributed by atoms with Crippen LogP contribution in [0.2, 0.25) is 5.15 Å². The van der Waals surface area contributed by atoms with Crippen molar-refractivity contribution in [2.24, 2.45) is 0 Å². The lowest BCUT2D eigenvalue weighted by Crippen LogP contribution is -2.12. The van der Waals surface area contributed by atoms with Crippen molar-refractivity contribution >= 4 is 33.3 Å². The Morgan fingerprint density at radius 1 is 1.27 bits per heavy atom. The SMILES string of the molecule is Cc1ccc(C(=O)/C=C/c2c(C)nn([C@@H]3CCS(=O)(=O)C3)c2Cl)cc1C. The molecule has 0 amide bonds. The van der Waals surface area contributed by atoms with E-state index in [1.165, 1.54) is 6.08 Å². The van der Waals surface area contributed by atoms with Crippen molar-refractivity contribution in [3.63, 3.8) is 0 Å². The van der Waals surface area contributed by atoms with Gasteiger partial charge in [-0.1, -0.05) is 23.7 Å². The molecule has 1 atom stereocenters. The van der Waals surface area contributed by atoms with Gasteiger partial charge >= 0.3 is 0 Å². The molecule has 0 unspecified atom stereocenters. The molecule has 2 aromatic rings. The van der Waals surface area contributed by atoms with Gasteiger partial charge in [0.2, 0.25) is 0 Å². The number of rotatable bonds is 4. The minimum Gasteiger partial charge on any atom is -0.289 e. The van der Waals surface area contributed by atoms with Gasteiger partial charge in [-0.15, -0.1) is 0 Å². The summed E-state index contributed by atoms with van der Waals surface area (Å²) in [6, 6.07) is 5.34. The number of carbonyl (C=O) groups excluding carboxylic acids is 1. The molecule has 2 heterocycles. The molecule has 0 bridgehead atoms. The van der Waals surface area contributed by atoms with Gasteiger partial charge in [0.15, 0.2) is 15.6 Å². The summed E-state index contributed by atoms with van der Waals surface area (Å²) >= 11 is 6.42. The van der Waals surface area contributed by atoms with E-state index in [1.54, 1.807) is 23.7 Å². The number of benzene rings is 1. The second-order valence-corrected chi connectivity index (χ2v) is 9.37. The number of hydrogen-bond donors (Lipinski definition) is 0. The number of ketones is 1. The molecule has 0 spiro atoms. The highest BCUT2D eigenvalue weighted by Crippen LogP contribution is 2.30. The molecular formula is C19H21ClN2O3S. The van der Waals surface area contributed by atoms with Crippen molar-refractivity contribution in [1.82, 2.24) is 9.78 Å². The van der Waals surface area contributed by atoms with Gasteiger partial charge in [0.25, 0.3) is 0 Å². The minimum absolute atomic E-state index is 0.0541. The number of nitrogens with zero attached hydrogens (tertiary/aromatic N) is 2. The molecule has 1 saturated heterocycles. The molecular weight excluding hydrogens is 372 g/mol.